The van der Waals surface area contributed by atoms with Gasteiger partial charge < -0.3 is 10.5 Å². The molecule has 2 N–H and O–H groups in total. The van der Waals surface area contributed by atoms with Crippen molar-refractivity contribution in [1.82, 2.24) is 0 Å². The van der Waals surface area contributed by atoms with E-state index < -0.39 is 22.3 Å². The zero-order valence-corrected chi connectivity index (χ0v) is 23.8. The molecular formula is C30H36F3NOS2. The molecule has 3 atom stereocenters. The molecule has 0 bridgehead atoms. The molecule has 0 amide bonds. The molecule has 37 heavy (non-hydrogen) atoms. The summed E-state index contributed by atoms with van der Waals surface area (Å²) in [4.78, 5) is 1.94. The first-order valence-electron chi connectivity index (χ1n) is 12.7. The zero-order valence-electron chi connectivity index (χ0n) is 22.2. The predicted octanol–water partition coefficient (Wildman–Crippen LogP) is 8.34. The van der Waals surface area contributed by atoms with E-state index in [-0.39, 0.29) is 16.4 Å². The van der Waals surface area contributed by atoms with Gasteiger partial charge in [0.15, 0.2) is 0 Å². The van der Waals surface area contributed by atoms with Gasteiger partial charge in [-0.25, -0.2) is 13.2 Å². The first-order chi connectivity index (χ1) is 17.5. The van der Waals surface area contributed by atoms with E-state index in [1.165, 1.54) is 13.8 Å². The van der Waals surface area contributed by atoms with Gasteiger partial charge >= 0.3 is 0 Å². The standard InChI is InChI=1S/C30H36F3NOS2/c1-7-18(8-2)23-17-22-24-25(30(32,33)28(4,5)26(24)31)21-16-20(36-27(21)29(22,6)37-23)13-10-12-19(9-3)35-15-11-14-34/h7-10,12,16-17,26-27H,1,11,13-15,34H2,2-6H3/b12-10-,18-8+,19-9+. The predicted molar refractivity (Wildman–Crippen MR) is 152 cm³/mol. The van der Waals surface area contributed by atoms with Crippen LogP contribution in [0.4, 0.5) is 13.2 Å². The lowest BCUT2D eigenvalue weighted by Crippen LogP contribution is -2.40. The Hall–Kier alpha value is -1.83. The number of hydrogen-bond donors (Lipinski definition) is 1. The molecule has 0 aromatic heterocycles. The minimum atomic E-state index is -3.27. The second-order valence-corrected chi connectivity index (χ2v) is 13.1. The molecule has 2 heterocycles. The van der Waals surface area contributed by atoms with Crippen molar-refractivity contribution in [1.29, 1.82) is 0 Å². The SMILES string of the molecule is C=C/C(=C\C)C1=CC2=C3C(=C4C=C(C/C=C\C(=C/C)OCCCN)SC4C2(C)S1)C(F)(F)C(C)(C)C3F. The summed E-state index contributed by atoms with van der Waals surface area (Å²) in [6, 6.07) is 0. The van der Waals surface area contributed by atoms with Crippen LogP contribution in [0.2, 0.25) is 0 Å². The van der Waals surface area contributed by atoms with Gasteiger partial charge in [0.1, 0.15) is 11.9 Å². The maximum atomic E-state index is 15.9. The molecule has 0 radical (unpaired) electrons. The maximum Gasteiger partial charge on any atom is 0.282 e. The van der Waals surface area contributed by atoms with Crippen LogP contribution in [0, 0.1) is 5.41 Å². The van der Waals surface area contributed by atoms with Crippen molar-refractivity contribution >= 4 is 23.5 Å². The van der Waals surface area contributed by atoms with Crippen LogP contribution < -0.4 is 5.73 Å². The molecule has 1 saturated carbocycles. The van der Waals surface area contributed by atoms with Gasteiger partial charge in [-0.05, 0) is 86.1 Å². The number of allylic oxidation sites excluding steroid dienone is 11. The fourth-order valence-electron chi connectivity index (χ4n) is 5.39. The third kappa shape index (κ3) is 4.45. The molecule has 0 saturated heterocycles. The molecule has 0 aromatic rings. The Bertz CT molecular complexity index is 1200. The molecule has 200 valence electrons. The van der Waals surface area contributed by atoms with Crippen molar-refractivity contribution in [3.63, 3.8) is 0 Å². The van der Waals surface area contributed by atoms with E-state index >= 15 is 13.2 Å². The summed E-state index contributed by atoms with van der Waals surface area (Å²) in [5.74, 6) is -2.52. The molecule has 3 unspecified atom stereocenters. The summed E-state index contributed by atoms with van der Waals surface area (Å²) in [6.45, 7) is 13.6. The molecule has 1 fully saturated rings. The number of thioether (sulfide) groups is 2. The van der Waals surface area contributed by atoms with E-state index in [9.17, 15) is 0 Å². The van der Waals surface area contributed by atoms with Crippen LogP contribution in [0.15, 0.2) is 92.5 Å². The van der Waals surface area contributed by atoms with E-state index in [2.05, 4.69) is 13.5 Å². The van der Waals surface area contributed by atoms with Gasteiger partial charge in [-0.1, -0.05) is 38.7 Å². The monoisotopic (exact) mass is 547 g/mol. The zero-order chi connectivity index (χ0) is 27.2. The van der Waals surface area contributed by atoms with Gasteiger partial charge in [0.25, 0.3) is 5.92 Å². The van der Waals surface area contributed by atoms with Crippen molar-refractivity contribution in [3.05, 3.63) is 92.5 Å². The molecule has 2 aliphatic heterocycles. The maximum absolute atomic E-state index is 15.9. The van der Waals surface area contributed by atoms with E-state index in [0.717, 1.165) is 27.6 Å². The first kappa shape index (κ1) is 28.2. The lowest BCUT2D eigenvalue weighted by molar-refractivity contribution is -0.0741. The number of fused-ring (bicyclic) bond motifs is 4. The number of halogens is 3. The number of alkyl halides is 3. The second-order valence-electron chi connectivity index (χ2n) is 10.4. The van der Waals surface area contributed by atoms with E-state index in [4.69, 9.17) is 10.5 Å². The summed E-state index contributed by atoms with van der Waals surface area (Å²) in [6.07, 6.45) is 12.9. The van der Waals surface area contributed by atoms with E-state index in [1.807, 2.05) is 50.3 Å². The van der Waals surface area contributed by atoms with Gasteiger partial charge in [0.05, 0.1) is 22.0 Å². The smallest absolute Gasteiger partial charge is 0.282 e. The summed E-state index contributed by atoms with van der Waals surface area (Å²) < 4.78 is 52.9. The minimum absolute atomic E-state index is 0.105. The Morgan fingerprint density at radius 2 is 1.92 bits per heavy atom. The lowest BCUT2D eigenvalue weighted by atomic mass is 9.78. The van der Waals surface area contributed by atoms with E-state index in [1.54, 1.807) is 29.6 Å². The highest BCUT2D eigenvalue weighted by molar-refractivity contribution is 8.08. The lowest BCUT2D eigenvalue weighted by Gasteiger charge is -2.39. The van der Waals surface area contributed by atoms with Gasteiger partial charge in [0, 0.05) is 16.1 Å². The molecule has 4 aliphatic rings. The molecule has 7 heteroatoms. The summed E-state index contributed by atoms with van der Waals surface area (Å²) in [7, 11) is 0. The first-order valence-corrected chi connectivity index (χ1v) is 14.4. The fraction of sp³-hybridized carbons (Fsp3) is 0.467. The van der Waals surface area contributed by atoms with Crippen LogP contribution in [-0.2, 0) is 4.74 Å². The van der Waals surface area contributed by atoms with Gasteiger partial charge in [0.2, 0.25) is 0 Å². The van der Waals surface area contributed by atoms with Crippen LogP contribution in [0.25, 0.3) is 0 Å². The molecule has 0 aromatic carbocycles. The number of nitrogens with two attached hydrogens (primary N) is 1. The highest BCUT2D eigenvalue weighted by Crippen LogP contribution is 2.69. The molecule has 2 nitrogen and oxygen atoms in total. The second kappa shape index (κ2) is 10.4. The summed E-state index contributed by atoms with van der Waals surface area (Å²) >= 11 is 3.25. The third-order valence-corrected chi connectivity index (χ3v) is 10.8. The Kier molecular flexibility index (Phi) is 7.91. The Morgan fingerprint density at radius 3 is 2.54 bits per heavy atom. The largest absolute Gasteiger partial charge is 0.494 e. The minimum Gasteiger partial charge on any atom is -0.494 e. The average Bonchev–Trinajstić information content (AvgIpc) is 3.47. The van der Waals surface area contributed by atoms with Crippen molar-refractivity contribution < 1.29 is 17.9 Å². The highest BCUT2D eigenvalue weighted by atomic mass is 32.2. The Labute approximate surface area is 227 Å². The average molecular weight is 548 g/mol. The number of ether oxygens (including phenoxy) is 1. The van der Waals surface area contributed by atoms with Crippen molar-refractivity contribution in [2.45, 2.75) is 69.6 Å². The molecule has 0 spiro atoms. The number of rotatable bonds is 9. The van der Waals surface area contributed by atoms with Crippen LogP contribution in [-0.4, -0.2) is 35.2 Å². The van der Waals surface area contributed by atoms with E-state index in [0.29, 0.717) is 30.7 Å². The Morgan fingerprint density at radius 1 is 1.19 bits per heavy atom. The van der Waals surface area contributed by atoms with Gasteiger partial charge in [-0.15, -0.1) is 23.5 Å². The summed E-state index contributed by atoms with van der Waals surface area (Å²) in [5.41, 5.74) is 6.00. The fourth-order valence-corrected chi connectivity index (χ4v) is 8.49. The van der Waals surface area contributed by atoms with Gasteiger partial charge in [-0.3, -0.25) is 0 Å². The van der Waals surface area contributed by atoms with Gasteiger partial charge in [-0.2, -0.15) is 0 Å². The third-order valence-electron chi connectivity index (χ3n) is 7.68. The Balaban J connectivity index is 1.74. The van der Waals surface area contributed by atoms with Crippen molar-refractivity contribution in [2.24, 2.45) is 11.1 Å². The normalized spacial score (nSPS) is 30.4. The quantitative estimate of drug-likeness (QED) is 0.179. The van der Waals surface area contributed by atoms with Crippen LogP contribution in [0.3, 0.4) is 0 Å². The summed E-state index contributed by atoms with van der Waals surface area (Å²) in [5, 5.41) is -0.236. The van der Waals surface area contributed by atoms with Crippen LogP contribution in [0.1, 0.15) is 47.5 Å². The van der Waals surface area contributed by atoms with Crippen LogP contribution >= 0.6 is 23.5 Å². The van der Waals surface area contributed by atoms with Crippen molar-refractivity contribution in [2.75, 3.05) is 13.2 Å². The molecular weight excluding hydrogens is 511 g/mol. The molecule has 2 aliphatic carbocycles. The highest BCUT2D eigenvalue weighted by Gasteiger charge is 2.68. The van der Waals surface area contributed by atoms with Crippen LogP contribution in [0.5, 0.6) is 0 Å². The number of hydrogen-bond acceptors (Lipinski definition) is 4. The topological polar surface area (TPSA) is 35.2 Å². The van der Waals surface area contributed by atoms with Crippen molar-refractivity contribution in [3.8, 4) is 0 Å². The molecule has 4 rings (SSSR count).